The number of methoxy groups -OCH3 is 1. The molecule has 8 heteroatoms. The highest BCUT2D eigenvalue weighted by Gasteiger charge is 2.25. The molecular weight excluding hydrogens is 420 g/mol. The van der Waals surface area contributed by atoms with Crippen molar-refractivity contribution in [2.45, 2.75) is 38.1 Å². The van der Waals surface area contributed by atoms with Gasteiger partial charge in [0, 0.05) is 49.4 Å². The number of aromatic amines is 1. The fourth-order valence-electron chi connectivity index (χ4n) is 4.17. The quantitative estimate of drug-likeness (QED) is 0.385. The number of benzene rings is 1. The summed E-state index contributed by atoms with van der Waals surface area (Å²) in [5, 5.41) is 29.7. The maximum Gasteiger partial charge on any atom is 0.245 e. The first-order valence-electron chi connectivity index (χ1n) is 11.1. The molecule has 3 N–H and O–H groups in total. The van der Waals surface area contributed by atoms with Gasteiger partial charge in [0.2, 0.25) is 5.91 Å². The smallest absolute Gasteiger partial charge is 0.245 e. The Balaban J connectivity index is 2.06. The zero-order chi connectivity index (χ0) is 24.0. The second-order valence-corrected chi connectivity index (χ2v) is 8.22. The second kappa shape index (κ2) is 11.1. The van der Waals surface area contributed by atoms with E-state index >= 15 is 0 Å². The highest BCUT2D eigenvalue weighted by atomic mass is 16.5. The van der Waals surface area contributed by atoms with Crippen molar-refractivity contribution >= 4 is 16.9 Å². The number of carbonyl (C=O) groups is 1. The molecule has 0 aliphatic rings. The van der Waals surface area contributed by atoms with Gasteiger partial charge in [0.25, 0.3) is 0 Å². The van der Waals surface area contributed by atoms with Gasteiger partial charge in [-0.25, -0.2) is 0 Å². The number of rotatable bonds is 11. The first-order chi connectivity index (χ1) is 15.9. The van der Waals surface area contributed by atoms with Crippen LogP contribution in [0.25, 0.3) is 22.3 Å². The van der Waals surface area contributed by atoms with Gasteiger partial charge in [0.1, 0.15) is 5.75 Å². The highest BCUT2D eigenvalue weighted by Crippen LogP contribution is 2.35. The summed E-state index contributed by atoms with van der Waals surface area (Å²) in [6, 6.07) is 8.89. The number of nitrogens with one attached hydrogen (secondary N) is 1. The van der Waals surface area contributed by atoms with E-state index in [4.69, 9.17) is 4.74 Å². The molecule has 0 saturated carbocycles. The van der Waals surface area contributed by atoms with Crippen LogP contribution in [0.4, 0.5) is 0 Å². The number of hydrogen-bond donors (Lipinski definition) is 3. The van der Waals surface area contributed by atoms with Crippen molar-refractivity contribution in [2.24, 2.45) is 0 Å². The van der Waals surface area contributed by atoms with Crippen molar-refractivity contribution in [1.29, 1.82) is 0 Å². The highest BCUT2D eigenvalue weighted by molar-refractivity contribution is 5.87. The van der Waals surface area contributed by atoms with Crippen LogP contribution in [0.2, 0.25) is 0 Å². The van der Waals surface area contributed by atoms with Crippen molar-refractivity contribution in [3.8, 4) is 17.0 Å². The van der Waals surface area contributed by atoms with E-state index in [9.17, 15) is 15.0 Å². The molecule has 0 radical (unpaired) electrons. The van der Waals surface area contributed by atoms with Gasteiger partial charge in [-0.3, -0.25) is 4.79 Å². The van der Waals surface area contributed by atoms with E-state index in [-0.39, 0.29) is 30.2 Å². The Labute approximate surface area is 193 Å². The maximum atomic E-state index is 12.1. The molecule has 3 rings (SSSR count). The lowest BCUT2D eigenvalue weighted by Gasteiger charge is -2.28. The molecule has 0 aliphatic carbocycles. The number of H-pyrrole nitrogens is 1. The summed E-state index contributed by atoms with van der Waals surface area (Å²) < 4.78 is 5.35. The van der Waals surface area contributed by atoms with Crippen LogP contribution >= 0.6 is 0 Å². The van der Waals surface area contributed by atoms with Crippen LogP contribution in [-0.2, 0) is 16.0 Å². The number of carbonyl (C=O) groups excluding carboxylic acids is 1. The average Bonchev–Trinajstić information content (AvgIpc) is 3.19. The summed E-state index contributed by atoms with van der Waals surface area (Å²) in [5.74, 6) is -0.0263. The summed E-state index contributed by atoms with van der Waals surface area (Å²) in [6.45, 7) is 6.09. The van der Waals surface area contributed by atoms with E-state index in [1.165, 1.54) is 6.08 Å². The Kier molecular flexibility index (Phi) is 8.19. The number of aliphatic hydroxyl groups excluding tert-OH is 1. The Bertz CT molecular complexity index is 1110. The number of aromatic hydroxyl groups is 1. The molecule has 0 fully saturated rings. The molecule has 0 bridgehead atoms. The van der Waals surface area contributed by atoms with Crippen molar-refractivity contribution in [2.75, 3.05) is 27.4 Å². The molecule has 1 aromatic carbocycles. The molecule has 176 valence electrons. The minimum atomic E-state index is -0.139. The lowest BCUT2D eigenvalue weighted by atomic mass is 9.90. The number of phenolic OH excluding ortho intramolecular Hbond substituents is 1. The van der Waals surface area contributed by atoms with Gasteiger partial charge in [-0.2, -0.15) is 0 Å². The van der Waals surface area contributed by atoms with Crippen molar-refractivity contribution in [3.05, 3.63) is 54.2 Å². The Morgan fingerprint density at radius 2 is 2.09 bits per heavy atom. The number of ether oxygens (including phenoxy) is 1. The van der Waals surface area contributed by atoms with E-state index in [1.807, 2.05) is 19.1 Å². The summed E-state index contributed by atoms with van der Waals surface area (Å²) in [5.41, 5.74) is 3.83. The van der Waals surface area contributed by atoms with Gasteiger partial charge < -0.3 is 24.8 Å². The predicted octanol–water partition coefficient (Wildman–Crippen LogP) is 3.41. The standard InChI is InChI=1S/C25H32N4O4/c1-5-23(32)29(3)16(2)14-17(10-12-30)24-18(11-13-33-4)20-15-21(27-28-25(20)26-24)19-8-6-7-9-22(19)31/h5-9,15-17,30-31H,1,10-14H2,2-4H3,(H,26,28)/t16-,17-/m1/s1. The SMILES string of the molecule is C=CC(=O)N(C)[C@H](C)C[C@@H](CCO)c1[nH]c2nnc(-c3ccccc3O)cc2c1CCOC. The van der Waals surface area contributed by atoms with Crippen LogP contribution < -0.4 is 0 Å². The zero-order valence-corrected chi connectivity index (χ0v) is 19.4. The number of hydrogen-bond acceptors (Lipinski definition) is 6. The first-order valence-corrected chi connectivity index (χ1v) is 11.1. The number of amides is 1. The number of para-hydroxylation sites is 1. The van der Waals surface area contributed by atoms with Crippen molar-refractivity contribution in [3.63, 3.8) is 0 Å². The Morgan fingerprint density at radius 1 is 1.33 bits per heavy atom. The van der Waals surface area contributed by atoms with E-state index < -0.39 is 0 Å². The molecule has 33 heavy (non-hydrogen) atoms. The zero-order valence-electron chi connectivity index (χ0n) is 19.4. The number of nitrogens with zero attached hydrogens (tertiary/aromatic N) is 3. The number of aromatic nitrogens is 3. The summed E-state index contributed by atoms with van der Waals surface area (Å²) in [7, 11) is 3.41. The van der Waals surface area contributed by atoms with Crippen LogP contribution in [0, 0.1) is 0 Å². The monoisotopic (exact) mass is 452 g/mol. The molecule has 0 saturated heterocycles. The topological polar surface area (TPSA) is 112 Å². The molecule has 2 atom stereocenters. The molecule has 3 aromatic rings. The summed E-state index contributed by atoms with van der Waals surface area (Å²) >= 11 is 0. The van der Waals surface area contributed by atoms with Crippen molar-refractivity contribution in [1.82, 2.24) is 20.1 Å². The normalized spacial score (nSPS) is 13.1. The minimum Gasteiger partial charge on any atom is -0.507 e. The number of phenols is 1. The fraction of sp³-hybridized carbons (Fsp3) is 0.400. The Morgan fingerprint density at radius 3 is 2.76 bits per heavy atom. The van der Waals surface area contributed by atoms with Crippen LogP contribution in [0.5, 0.6) is 5.75 Å². The van der Waals surface area contributed by atoms with Crippen LogP contribution in [0.15, 0.2) is 43.0 Å². The minimum absolute atomic E-state index is 0.0183. The first kappa shape index (κ1) is 24.4. The van der Waals surface area contributed by atoms with E-state index in [0.29, 0.717) is 42.8 Å². The van der Waals surface area contributed by atoms with E-state index in [2.05, 4.69) is 21.8 Å². The van der Waals surface area contributed by atoms with Gasteiger partial charge in [-0.15, -0.1) is 10.2 Å². The second-order valence-electron chi connectivity index (χ2n) is 8.22. The molecule has 0 spiro atoms. The van der Waals surface area contributed by atoms with E-state index in [1.54, 1.807) is 37.3 Å². The molecule has 2 aromatic heterocycles. The number of fused-ring (bicyclic) bond motifs is 1. The summed E-state index contributed by atoms with van der Waals surface area (Å²) in [6.07, 6.45) is 3.15. The molecular formula is C25H32N4O4. The van der Waals surface area contributed by atoms with Crippen LogP contribution in [0.3, 0.4) is 0 Å². The van der Waals surface area contributed by atoms with Crippen LogP contribution in [-0.4, -0.2) is 69.6 Å². The third kappa shape index (κ3) is 5.40. The van der Waals surface area contributed by atoms with Crippen molar-refractivity contribution < 1.29 is 19.7 Å². The largest absolute Gasteiger partial charge is 0.507 e. The lowest BCUT2D eigenvalue weighted by molar-refractivity contribution is -0.126. The third-order valence-corrected chi connectivity index (χ3v) is 6.13. The molecule has 0 aliphatic heterocycles. The Hall–Kier alpha value is -3.23. The molecule has 0 unspecified atom stereocenters. The maximum absolute atomic E-state index is 12.1. The predicted molar refractivity (Wildman–Crippen MR) is 128 cm³/mol. The fourth-order valence-corrected chi connectivity index (χ4v) is 4.17. The molecule has 2 heterocycles. The average molecular weight is 453 g/mol. The molecule has 8 nitrogen and oxygen atoms in total. The number of likely N-dealkylation sites (N-methyl/N-ethyl adjacent to an activating group) is 1. The third-order valence-electron chi connectivity index (χ3n) is 6.13. The van der Waals surface area contributed by atoms with Gasteiger partial charge in [0.15, 0.2) is 5.65 Å². The van der Waals surface area contributed by atoms with Crippen LogP contribution in [0.1, 0.15) is 36.9 Å². The number of aliphatic hydroxyl groups is 1. The van der Waals surface area contributed by atoms with Gasteiger partial charge in [-0.05, 0) is 56.0 Å². The van der Waals surface area contributed by atoms with Gasteiger partial charge >= 0.3 is 0 Å². The summed E-state index contributed by atoms with van der Waals surface area (Å²) in [4.78, 5) is 17.1. The lowest BCUT2D eigenvalue weighted by Crippen LogP contribution is -2.35. The van der Waals surface area contributed by atoms with Gasteiger partial charge in [0.05, 0.1) is 12.3 Å². The van der Waals surface area contributed by atoms with Gasteiger partial charge in [-0.1, -0.05) is 18.7 Å². The van der Waals surface area contributed by atoms with E-state index in [0.717, 1.165) is 16.6 Å². The molecule has 1 amide bonds.